The lowest BCUT2D eigenvalue weighted by Crippen LogP contribution is -2.20. The number of hydrogen-bond acceptors (Lipinski definition) is 3. The predicted molar refractivity (Wildman–Crippen MR) is 92.0 cm³/mol. The fourth-order valence-electron chi connectivity index (χ4n) is 3.35. The first-order valence-corrected chi connectivity index (χ1v) is 8.05. The molecule has 24 heavy (non-hydrogen) atoms. The Labute approximate surface area is 140 Å². The maximum atomic E-state index is 12.6. The van der Waals surface area contributed by atoms with Gasteiger partial charge in [0.2, 0.25) is 0 Å². The summed E-state index contributed by atoms with van der Waals surface area (Å²) in [5, 5.41) is 4.45. The Hall–Kier alpha value is -2.88. The SMILES string of the molecule is COc1ccc([C@@H]2CC(=O)c3cnn(-c4ccccc4)c3C2)cc1. The van der Waals surface area contributed by atoms with Gasteiger partial charge in [-0.25, -0.2) is 4.68 Å². The molecule has 0 spiro atoms. The van der Waals surface area contributed by atoms with Crippen LogP contribution in [0.15, 0.2) is 60.8 Å². The average Bonchev–Trinajstić information content (AvgIpc) is 3.07. The van der Waals surface area contributed by atoms with Gasteiger partial charge in [0.1, 0.15) is 5.75 Å². The number of ketones is 1. The maximum Gasteiger partial charge on any atom is 0.166 e. The molecule has 2 aromatic carbocycles. The van der Waals surface area contributed by atoms with Crippen LogP contribution in [-0.2, 0) is 6.42 Å². The molecule has 0 saturated heterocycles. The molecule has 120 valence electrons. The van der Waals surface area contributed by atoms with Gasteiger partial charge in [-0.05, 0) is 42.2 Å². The first-order chi connectivity index (χ1) is 11.8. The minimum absolute atomic E-state index is 0.166. The summed E-state index contributed by atoms with van der Waals surface area (Å²) in [4.78, 5) is 12.6. The number of carbonyl (C=O) groups excluding carboxylic acids is 1. The molecule has 0 unspecified atom stereocenters. The number of fused-ring (bicyclic) bond motifs is 1. The molecule has 4 nitrogen and oxygen atoms in total. The zero-order valence-electron chi connectivity index (χ0n) is 13.5. The number of aromatic nitrogens is 2. The van der Waals surface area contributed by atoms with Crippen LogP contribution in [0.2, 0.25) is 0 Å². The highest BCUT2D eigenvalue weighted by Crippen LogP contribution is 2.34. The molecular weight excluding hydrogens is 300 g/mol. The number of ether oxygens (including phenoxy) is 1. The minimum atomic E-state index is 0.166. The Bertz CT molecular complexity index is 866. The number of nitrogens with zero attached hydrogens (tertiary/aromatic N) is 2. The number of methoxy groups -OCH3 is 1. The Kier molecular flexibility index (Phi) is 3.65. The monoisotopic (exact) mass is 318 g/mol. The number of Topliss-reactive ketones (excluding diaryl/α,β-unsaturated/α-hetero) is 1. The number of carbonyl (C=O) groups is 1. The van der Waals surface area contributed by atoms with Crippen molar-refractivity contribution in [3.8, 4) is 11.4 Å². The van der Waals surface area contributed by atoms with E-state index in [0.29, 0.717) is 6.42 Å². The number of para-hydroxylation sites is 1. The first-order valence-electron chi connectivity index (χ1n) is 8.05. The third-order valence-corrected chi connectivity index (χ3v) is 4.63. The van der Waals surface area contributed by atoms with Crippen LogP contribution >= 0.6 is 0 Å². The molecule has 1 heterocycles. The Morgan fingerprint density at radius 1 is 1.04 bits per heavy atom. The number of benzene rings is 2. The molecule has 1 atom stereocenters. The topological polar surface area (TPSA) is 44.1 Å². The van der Waals surface area contributed by atoms with Crippen molar-refractivity contribution in [2.75, 3.05) is 7.11 Å². The highest BCUT2D eigenvalue weighted by atomic mass is 16.5. The Morgan fingerprint density at radius 3 is 2.50 bits per heavy atom. The van der Waals surface area contributed by atoms with E-state index >= 15 is 0 Å². The molecule has 1 aromatic heterocycles. The van der Waals surface area contributed by atoms with Crippen molar-refractivity contribution in [1.29, 1.82) is 0 Å². The van der Waals surface area contributed by atoms with Crippen LogP contribution in [0.25, 0.3) is 5.69 Å². The quantitative estimate of drug-likeness (QED) is 0.738. The Balaban J connectivity index is 1.70. The van der Waals surface area contributed by atoms with Gasteiger partial charge >= 0.3 is 0 Å². The lowest BCUT2D eigenvalue weighted by Gasteiger charge is -2.23. The standard InChI is InChI=1S/C20H18N2O2/c1-24-17-9-7-14(8-10-17)15-11-19-18(20(23)12-15)13-21-22(19)16-5-3-2-4-6-16/h2-10,13,15H,11-12H2,1H3/t15-/m0/s1. The first kappa shape index (κ1) is 14.7. The van der Waals surface area contributed by atoms with Gasteiger partial charge in [-0.1, -0.05) is 30.3 Å². The van der Waals surface area contributed by atoms with Crippen LogP contribution in [0.5, 0.6) is 5.75 Å². The summed E-state index contributed by atoms with van der Waals surface area (Å²) >= 11 is 0. The summed E-state index contributed by atoms with van der Waals surface area (Å²) in [6.07, 6.45) is 3.04. The fraction of sp³-hybridized carbons (Fsp3) is 0.200. The van der Waals surface area contributed by atoms with Gasteiger partial charge in [0.15, 0.2) is 5.78 Å². The van der Waals surface area contributed by atoms with E-state index in [4.69, 9.17) is 4.74 Å². The summed E-state index contributed by atoms with van der Waals surface area (Å²) in [6.45, 7) is 0. The molecule has 1 aliphatic carbocycles. The van der Waals surface area contributed by atoms with Gasteiger partial charge in [-0.3, -0.25) is 4.79 Å². The summed E-state index contributed by atoms with van der Waals surface area (Å²) < 4.78 is 7.11. The van der Waals surface area contributed by atoms with Crippen LogP contribution in [0.3, 0.4) is 0 Å². The smallest absolute Gasteiger partial charge is 0.166 e. The molecule has 0 bridgehead atoms. The van der Waals surface area contributed by atoms with E-state index in [-0.39, 0.29) is 11.7 Å². The van der Waals surface area contributed by atoms with E-state index in [9.17, 15) is 4.79 Å². The van der Waals surface area contributed by atoms with Crippen molar-refractivity contribution >= 4 is 5.78 Å². The zero-order valence-corrected chi connectivity index (χ0v) is 13.5. The highest BCUT2D eigenvalue weighted by Gasteiger charge is 2.30. The molecule has 0 amide bonds. The lowest BCUT2D eigenvalue weighted by atomic mass is 9.82. The Morgan fingerprint density at radius 2 is 1.79 bits per heavy atom. The zero-order chi connectivity index (χ0) is 16.5. The molecule has 0 fully saturated rings. The van der Waals surface area contributed by atoms with E-state index < -0.39 is 0 Å². The van der Waals surface area contributed by atoms with Crippen LogP contribution < -0.4 is 4.74 Å². The minimum Gasteiger partial charge on any atom is -0.497 e. The van der Waals surface area contributed by atoms with Gasteiger partial charge < -0.3 is 4.74 Å². The van der Waals surface area contributed by atoms with Crippen molar-refractivity contribution < 1.29 is 9.53 Å². The van der Waals surface area contributed by atoms with Crippen molar-refractivity contribution in [3.63, 3.8) is 0 Å². The highest BCUT2D eigenvalue weighted by molar-refractivity contribution is 5.98. The molecular formula is C20H18N2O2. The van der Waals surface area contributed by atoms with Crippen molar-refractivity contribution in [1.82, 2.24) is 9.78 Å². The predicted octanol–water partition coefficient (Wildman–Crippen LogP) is 3.79. The fourth-order valence-corrected chi connectivity index (χ4v) is 3.35. The maximum absolute atomic E-state index is 12.6. The van der Waals surface area contributed by atoms with Gasteiger partial charge in [0.05, 0.1) is 30.3 Å². The van der Waals surface area contributed by atoms with Crippen molar-refractivity contribution in [2.24, 2.45) is 0 Å². The second-order valence-corrected chi connectivity index (χ2v) is 6.05. The summed E-state index contributed by atoms with van der Waals surface area (Å²) in [7, 11) is 1.66. The van der Waals surface area contributed by atoms with E-state index in [1.165, 1.54) is 0 Å². The van der Waals surface area contributed by atoms with Crippen LogP contribution in [0.4, 0.5) is 0 Å². The molecule has 0 radical (unpaired) electrons. The third kappa shape index (κ3) is 2.50. The molecule has 0 aliphatic heterocycles. The van der Waals surface area contributed by atoms with Crippen LogP contribution in [0, 0.1) is 0 Å². The van der Waals surface area contributed by atoms with Gasteiger partial charge in [0.25, 0.3) is 0 Å². The summed E-state index contributed by atoms with van der Waals surface area (Å²) in [6, 6.07) is 17.9. The third-order valence-electron chi connectivity index (χ3n) is 4.63. The van der Waals surface area contributed by atoms with Crippen LogP contribution in [0.1, 0.15) is 34.0 Å². The second-order valence-electron chi connectivity index (χ2n) is 6.05. The molecule has 3 aromatic rings. The molecule has 4 heteroatoms. The molecule has 4 rings (SSSR count). The normalized spacial score (nSPS) is 16.7. The van der Waals surface area contributed by atoms with E-state index in [2.05, 4.69) is 5.10 Å². The summed E-state index contributed by atoms with van der Waals surface area (Å²) in [5.41, 5.74) is 3.90. The van der Waals surface area contributed by atoms with E-state index in [1.54, 1.807) is 13.3 Å². The lowest BCUT2D eigenvalue weighted by molar-refractivity contribution is 0.0964. The van der Waals surface area contributed by atoms with Crippen LogP contribution in [-0.4, -0.2) is 22.7 Å². The van der Waals surface area contributed by atoms with E-state index in [1.807, 2.05) is 59.3 Å². The van der Waals surface area contributed by atoms with Gasteiger partial charge in [-0.15, -0.1) is 0 Å². The number of hydrogen-bond donors (Lipinski definition) is 0. The molecule has 0 saturated carbocycles. The van der Waals surface area contributed by atoms with Crippen molar-refractivity contribution in [3.05, 3.63) is 77.6 Å². The van der Waals surface area contributed by atoms with E-state index in [0.717, 1.165) is 34.7 Å². The molecule has 0 N–H and O–H groups in total. The van der Waals surface area contributed by atoms with Crippen molar-refractivity contribution in [2.45, 2.75) is 18.8 Å². The number of rotatable bonds is 3. The van der Waals surface area contributed by atoms with Gasteiger partial charge in [-0.2, -0.15) is 5.10 Å². The molecule has 1 aliphatic rings. The second kappa shape index (κ2) is 5.96. The van der Waals surface area contributed by atoms with Gasteiger partial charge in [0, 0.05) is 6.42 Å². The average molecular weight is 318 g/mol. The summed E-state index contributed by atoms with van der Waals surface area (Å²) in [5.74, 6) is 1.17. The largest absolute Gasteiger partial charge is 0.497 e.